The van der Waals surface area contributed by atoms with E-state index in [1.54, 1.807) is 0 Å². The third-order valence-electron chi connectivity index (χ3n) is 2.33. The Bertz CT molecular complexity index is 400. The summed E-state index contributed by atoms with van der Waals surface area (Å²) < 4.78 is 213. The second-order valence-corrected chi connectivity index (χ2v) is 10.7. The van der Waals surface area contributed by atoms with Gasteiger partial charge in [-0.2, -0.15) is 0 Å². The van der Waals surface area contributed by atoms with E-state index in [9.17, 15) is 79.0 Å². The Balaban J connectivity index is 7.30. The first-order valence-corrected chi connectivity index (χ1v) is 9.94. The topological polar surface area (TPSA) is 9.72 Å². The molecule has 0 atom stereocenters. The Morgan fingerprint density at radius 2 is 0.393 bits per heavy atom. The van der Waals surface area contributed by atoms with Crippen molar-refractivity contribution in [1.82, 2.24) is 8.66 Å². The number of hydrogen-bond donors (Lipinski definition) is 0. The number of halogens is 18. The zero-order chi connectivity index (χ0) is 23.3. The van der Waals surface area contributed by atoms with Gasteiger partial charge in [0.15, 0.2) is 0 Å². The second kappa shape index (κ2) is 7.63. The summed E-state index contributed by atoms with van der Waals surface area (Å²) in [5.41, 5.74) is 0. The molecule has 0 aliphatic carbocycles. The summed E-state index contributed by atoms with van der Waals surface area (Å²) in [4.78, 5) is 0. The quantitative estimate of drug-likeness (QED) is 0.350. The summed E-state index contributed by atoms with van der Waals surface area (Å²) in [7, 11) is 0. The van der Waals surface area contributed by atoms with Gasteiger partial charge in [0.2, 0.25) is 0 Å². The molecule has 22 heteroatoms. The molecule has 168 valence electrons. The minimum absolute atomic E-state index is 3.94. The van der Waals surface area contributed by atoms with Gasteiger partial charge in [0.05, 0.1) is 0 Å². The SMILES string of the molecule is FC(F)(F)[N]([In]([N](C(F)(F)F)C(F)(F)F)[N](C(F)(F)F)C(F)(F)F)C(F)(F)F. The minimum atomic E-state index is -9.59. The van der Waals surface area contributed by atoms with Crippen molar-refractivity contribution in [1.29, 1.82) is 0 Å². The van der Waals surface area contributed by atoms with E-state index in [-0.39, 0.29) is 0 Å². The standard InChI is InChI=1S/3C2F6N.In/c3*3-1(4,5)9-2(6,7)8;/q3*-1;+3. The first kappa shape index (κ1) is 27.5. The molecule has 0 aliphatic rings. The molecule has 0 aliphatic heterocycles. The maximum absolute atomic E-state index is 12.5. The Labute approximate surface area is 148 Å². The molecule has 0 rings (SSSR count). The van der Waals surface area contributed by atoms with Crippen LogP contribution in [-0.2, 0) is 0 Å². The molecule has 0 saturated carbocycles. The van der Waals surface area contributed by atoms with E-state index in [2.05, 4.69) is 0 Å². The fraction of sp³-hybridized carbons (Fsp3) is 1.00. The molecule has 0 spiro atoms. The Morgan fingerprint density at radius 3 is 0.464 bits per heavy atom. The molecule has 0 aromatic heterocycles. The Morgan fingerprint density at radius 1 is 0.286 bits per heavy atom. The van der Waals surface area contributed by atoms with Crippen LogP contribution >= 0.6 is 0 Å². The molecular weight excluding hydrogens is 571 g/mol. The number of rotatable bonds is 3. The maximum atomic E-state index is 12.5. The van der Waals surface area contributed by atoms with Crippen LogP contribution in [0.15, 0.2) is 0 Å². The van der Waals surface area contributed by atoms with Crippen LogP contribution in [0, 0.1) is 0 Å². The van der Waals surface area contributed by atoms with Gasteiger partial charge in [-0.05, 0) is 0 Å². The van der Waals surface area contributed by atoms with E-state index in [4.69, 9.17) is 0 Å². The average molecular weight is 571 g/mol. The number of hydrogen-bond acceptors (Lipinski definition) is 3. The predicted molar refractivity (Wildman–Crippen MR) is 47.6 cm³/mol. The normalized spacial score (nSPS) is 15.8. The van der Waals surface area contributed by atoms with Crippen LogP contribution < -0.4 is 0 Å². The Kier molecular flexibility index (Phi) is 7.49. The van der Waals surface area contributed by atoms with E-state index in [0.717, 1.165) is 0 Å². The van der Waals surface area contributed by atoms with Gasteiger partial charge >= 0.3 is 148 Å². The molecule has 0 radical (unpaired) electrons. The van der Waals surface area contributed by atoms with E-state index in [1.165, 1.54) is 0 Å². The number of alkyl halides is 18. The molecule has 0 unspecified atom stereocenters. The van der Waals surface area contributed by atoms with Gasteiger partial charge in [-0.3, -0.25) is 0 Å². The van der Waals surface area contributed by atoms with Crippen molar-refractivity contribution in [3.8, 4) is 0 Å². The summed E-state index contributed by atoms with van der Waals surface area (Å²) >= 11 is -9.59. The fourth-order valence-corrected chi connectivity index (χ4v) is 8.02. The molecular formula is C6F18InN3. The van der Waals surface area contributed by atoms with Crippen molar-refractivity contribution in [3.05, 3.63) is 0 Å². The molecule has 0 N–H and O–H groups in total. The van der Waals surface area contributed by atoms with Gasteiger partial charge in [-0.25, -0.2) is 0 Å². The van der Waals surface area contributed by atoms with Crippen LogP contribution in [0.1, 0.15) is 0 Å². The van der Waals surface area contributed by atoms with E-state index in [1.807, 2.05) is 0 Å². The third kappa shape index (κ3) is 6.78. The van der Waals surface area contributed by atoms with E-state index >= 15 is 0 Å². The van der Waals surface area contributed by atoms with Gasteiger partial charge in [-0.1, -0.05) is 0 Å². The molecule has 0 aromatic carbocycles. The average Bonchev–Trinajstić information content (AvgIpc) is 2.13. The predicted octanol–water partition coefficient (Wildman–Crippen LogP) is 5.00. The molecule has 3 nitrogen and oxygen atoms in total. The van der Waals surface area contributed by atoms with Crippen molar-refractivity contribution in [2.75, 3.05) is 0 Å². The van der Waals surface area contributed by atoms with Gasteiger partial charge in [0.25, 0.3) is 0 Å². The van der Waals surface area contributed by atoms with Gasteiger partial charge < -0.3 is 0 Å². The van der Waals surface area contributed by atoms with Crippen molar-refractivity contribution in [2.45, 2.75) is 37.8 Å². The summed E-state index contributed by atoms with van der Waals surface area (Å²) in [6.45, 7) is 0. The van der Waals surface area contributed by atoms with Gasteiger partial charge in [0.1, 0.15) is 0 Å². The summed E-state index contributed by atoms with van der Waals surface area (Å²) in [6, 6.07) is 0. The van der Waals surface area contributed by atoms with Crippen molar-refractivity contribution in [2.24, 2.45) is 0 Å². The summed E-state index contributed by atoms with van der Waals surface area (Å²) in [6.07, 6.45) is -45.2. The first-order chi connectivity index (χ1) is 11.7. The third-order valence-corrected chi connectivity index (χ3v) is 11.3. The van der Waals surface area contributed by atoms with Crippen molar-refractivity contribution < 1.29 is 79.0 Å². The molecule has 28 heavy (non-hydrogen) atoms. The van der Waals surface area contributed by atoms with Crippen LogP contribution in [0.3, 0.4) is 0 Å². The van der Waals surface area contributed by atoms with Crippen LogP contribution in [0.2, 0.25) is 0 Å². The molecule has 0 saturated heterocycles. The second-order valence-electron chi connectivity index (χ2n) is 4.26. The van der Waals surface area contributed by atoms with Gasteiger partial charge in [0, 0.05) is 0 Å². The van der Waals surface area contributed by atoms with Crippen LogP contribution in [0.4, 0.5) is 79.0 Å². The van der Waals surface area contributed by atoms with Crippen LogP contribution in [0.5, 0.6) is 0 Å². The fourth-order valence-electron chi connectivity index (χ4n) is 1.56. The molecule has 0 heterocycles. The summed E-state index contributed by atoms with van der Waals surface area (Å²) in [5, 5.41) is 0. The van der Waals surface area contributed by atoms with Crippen LogP contribution in [-0.4, -0.2) is 68.8 Å². The zero-order valence-electron chi connectivity index (χ0n) is 11.7. The first-order valence-electron chi connectivity index (χ1n) is 5.52. The Hall–Kier alpha value is -0.510. The molecule has 0 fully saturated rings. The monoisotopic (exact) mass is 571 g/mol. The van der Waals surface area contributed by atoms with Crippen molar-refractivity contribution >= 4 is 22.3 Å². The molecule has 0 amide bonds. The zero-order valence-corrected chi connectivity index (χ0v) is 15.0. The van der Waals surface area contributed by atoms with E-state index < -0.39 is 68.8 Å². The van der Waals surface area contributed by atoms with Gasteiger partial charge in [-0.15, -0.1) is 0 Å². The van der Waals surface area contributed by atoms with Crippen LogP contribution in [0.25, 0.3) is 0 Å². The molecule has 0 bridgehead atoms. The summed E-state index contributed by atoms with van der Waals surface area (Å²) in [5.74, 6) is 0. The van der Waals surface area contributed by atoms with E-state index in [0.29, 0.717) is 0 Å². The number of nitrogens with zero attached hydrogens (tertiary/aromatic N) is 3. The molecule has 0 aromatic rings. The van der Waals surface area contributed by atoms with Crippen molar-refractivity contribution in [3.63, 3.8) is 0 Å².